The molecule has 0 spiro atoms. The van der Waals surface area contributed by atoms with Crippen LogP contribution < -0.4 is 10.6 Å². The van der Waals surface area contributed by atoms with Gasteiger partial charge in [-0.15, -0.1) is 0 Å². The van der Waals surface area contributed by atoms with Gasteiger partial charge in [0, 0.05) is 11.6 Å². The highest BCUT2D eigenvalue weighted by molar-refractivity contribution is 7.60. The Morgan fingerprint density at radius 1 is 0.735 bits per heavy atom. The zero-order valence-electron chi connectivity index (χ0n) is 22.6. The fourth-order valence-electron chi connectivity index (χ4n) is 6.22. The minimum absolute atomic E-state index is 0.141. The first-order chi connectivity index (χ1) is 16.1. The fourth-order valence-corrected chi connectivity index (χ4v) is 13.2. The summed E-state index contributed by atoms with van der Waals surface area (Å²) >= 11 is 0. The zero-order valence-corrected chi connectivity index (χ0v) is 24.4. The van der Waals surface area contributed by atoms with Crippen LogP contribution >= 0.6 is 15.8 Å². The largest absolute Gasteiger partial charge is 0.310 e. The maximum Gasteiger partial charge on any atom is 0.0286 e. The normalized spacial score (nSPS) is 23.4. The first-order valence-electron chi connectivity index (χ1n) is 13.6. The second-order valence-electron chi connectivity index (χ2n) is 12.5. The van der Waals surface area contributed by atoms with Gasteiger partial charge in [-0.25, -0.2) is 0 Å². The van der Waals surface area contributed by atoms with Crippen molar-refractivity contribution in [3.63, 3.8) is 0 Å². The van der Waals surface area contributed by atoms with Crippen molar-refractivity contribution >= 4 is 26.6 Å². The molecule has 4 rings (SSSR count). The molecule has 2 nitrogen and oxygen atoms in total. The molecule has 2 unspecified atom stereocenters. The second-order valence-corrected chi connectivity index (χ2v) is 18.9. The highest BCUT2D eigenvalue weighted by atomic mass is 31.1. The van der Waals surface area contributed by atoms with Crippen LogP contribution in [0.15, 0.2) is 36.4 Å². The highest BCUT2D eigenvalue weighted by Crippen LogP contribution is 2.62. The third-order valence-corrected chi connectivity index (χ3v) is 14.9. The Morgan fingerprint density at radius 3 is 1.85 bits per heavy atom. The summed E-state index contributed by atoms with van der Waals surface area (Å²) in [4.78, 5) is 0. The molecule has 2 aromatic rings. The SMILES string of the molecule is CC(C)(C)P(Cc1c(CP(C2CCCCN2)C2CCCCN2)ccc2ccccc12)C(C)(C)C. The molecule has 0 aliphatic carbocycles. The van der Waals surface area contributed by atoms with Crippen LogP contribution in [0.3, 0.4) is 0 Å². The van der Waals surface area contributed by atoms with Gasteiger partial charge in [0.05, 0.1) is 0 Å². The Hall–Kier alpha value is -0.520. The van der Waals surface area contributed by atoms with Gasteiger partial charge < -0.3 is 10.6 Å². The lowest BCUT2D eigenvalue weighted by atomic mass is 10.0. The lowest BCUT2D eigenvalue weighted by Crippen LogP contribution is -2.41. The van der Waals surface area contributed by atoms with Gasteiger partial charge in [0.2, 0.25) is 0 Å². The van der Waals surface area contributed by atoms with E-state index in [1.165, 1.54) is 74.7 Å². The summed E-state index contributed by atoms with van der Waals surface area (Å²) in [7, 11) is -0.328. The van der Waals surface area contributed by atoms with E-state index in [2.05, 4.69) is 88.6 Å². The number of nitrogens with one attached hydrogen (secondary N) is 2. The highest BCUT2D eigenvalue weighted by Gasteiger charge is 2.36. The molecule has 2 N–H and O–H groups in total. The maximum absolute atomic E-state index is 3.98. The molecule has 4 heteroatoms. The maximum atomic E-state index is 3.98. The molecule has 0 amide bonds. The lowest BCUT2D eigenvalue weighted by molar-refractivity contribution is 0.456. The van der Waals surface area contributed by atoms with Crippen molar-refractivity contribution in [2.24, 2.45) is 0 Å². The van der Waals surface area contributed by atoms with Gasteiger partial charge in [-0.2, -0.15) is 0 Å². The first kappa shape index (κ1) is 26.5. The number of hydrogen-bond acceptors (Lipinski definition) is 2. The van der Waals surface area contributed by atoms with E-state index in [0.717, 1.165) is 0 Å². The number of benzene rings is 2. The molecule has 2 atom stereocenters. The third kappa shape index (κ3) is 6.42. The Kier molecular flexibility index (Phi) is 8.78. The average Bonchev–Trinajstić information content (AvgIpc) is 2.81. The molecule has 2 fully saturated rings. The smallest absolute Gasteiger partial charge is 0.0286 e. The summed E-state index contributed by atoms with van der Waals surface area (Å²) in [6, 6.07) is 14.1. The number of fused-ring (bicyclic) bond motifs is 1. The standard InChI is InChI=1S/C30H48N2P2/c1-29(2,3)34(30(4,5)6)22-26-24(18-17-23-13-7-8-14-25(23)26)21-33(27-15-9-11-19-31-27)28-16-10-12-20-32-28/h7-8,13-14,17-18,27-28,31-32H,9-12,15-16,19-22H2,1-6H3. The summed E-state index contributed by atoms with van der Waals surface area (Å²) in [5.74, 6) is 1.43. The predicted molar refractivity (Wildman–Crippen MR) is 156 cm³/mol. The van der Waals surface area contributed by atoms with Gasteiger partial charge in [-0.05, 0) is 83.3 Å². The van der Waals surface area contributed by atoms with Gasteiger partial charge in [0.15, 0.2) is 0 Å². The van der Waals surface area contributed by atoms with Gasteiger partial charge in [-0.1, -0.05) is 107 Å². The Balaban J connectivity index is 1.74. The van der Waals surface area contributed by atoms with E-state index in [-0.39, 0.29) is 15.8 Å². The topological polar surface area (TPSA) is 24.1 Å². The molecular weight excluding hydrogens is 450 g/mol. The van der Waals surface area contributed by atoms with E-state index in [0.29, 0.717) is 21.9 Å². The average molecular weight is 499 g/mol. The molecule has 2 heterocycles. The molecule has 34 heavy (non-hydrogen) atoms. The van der Waals surface area contributed by atoms with Crippen molar-refractivity contribution in [1.29, 1.82) is 0 Å². The Morgan fingerprint density at radius 2 is 1.32 bits per heavy atom. The van der Waals surface area contributed by atoms with Gasteiger partial charge in [0.1, 0.15) is 0 Å². The van der Waals surface area contributed by atoms with E-state index in [1.807, 2.05) is 0 Å². The molecule has 2 aromatic carbocycles. The quantitative estimate of drug-likeness (QED) is 0.390. The summed E-state index contributed by atoms with van der Waals surface area (Å²) in [6.45, 7) is 17.2. The monoisotopic (exact) mass is 498 g/mol. The van der Waals surface area contributed by atoms with Crippen molar-refractivity contribution in [2.45, 2.75) is 114 Å². The van der Waals surface area contributed by atoms with Crippen LogP contribution in [0.2, 0.25) is 0 Å². The lowest BCUT2D eigenvalue weighted by Gasteiger charge is -2.43. The van der Waals surface area contributed by atoms with Crippen molar-refractivity contribution in [3.8, 4) is 0 Å². The molecule has 2 saturated heterocycles. The summed E-state index contributed by atoms with van der Waals surface area (Å²) < 4.78 is 0. The minimum Gasteiger partial charge on any atom is -0.310 e. The summed E-state index contributed by atoms with van der Waals surface area (Å²) in [5, 5.41) is 11.5. The first-order valence-corrected chi connectivity index (χ1v) is 16.8. The molecule has 0 bridgehead atoms. The molecule has 2 aliphatic heterocycles. The number of piperidine rings is 2. The Bertz CT molecular complexity index is 899. The van der Waals surface area contributed by atoms with Gasteiger partial charge >= 0.3 is 0 Å². The van der Waals surface area contributed by atoms with Crippen LogP contribution in [0.1, 0.15) is 91.2 Å². The zero-order chi connectivity index (χ0) is 24.3. The van der Waals surface area contributed by atoms with Crippen LogP contribution in [0.25, 0.3) is 10.8 Å². The Labute approximate surface area is 211 Å². The van der Waals surface area contributed by atoms with Gasteiger partial charge in [0.25, 0.3) is 0 Å². The number of rotatable bonds is 6. The molecule has 2 aliphatic rings. The van der Waals surface area contributed by atoms with E-state index < -0.39 is 0 Å². The van der Waals surface area contributed by atoms with E-state index in [4.69, 9.17) is 0 Å². The predicted octanol–water partition coefficient (Wildman–Crippen LogP) is 8.60. The molecule has 0 radical (unpaired) electrons. The molecular formula is C30H48N2P2. The van der Waals surface area contributed by atoms with Crippen molar-refractivity contribution in [2.75, 3.05) is 13.1 Å². The number of hydrogen-bond donors (Lipinski definition) is 2. The van der Waals surface area contributed by atoms with Crippen LogP contribution in [-0.2, 0) is 12.3 Å². The second kappa shape index (κ2) is 11.3. The van der Waals surface area contributed by atoms with Crippen LogP contribution in [0, 0.1) is 0 Å². The van der Waals surface area contributed by atoms with Crippen LogP contribution in [0.5, 0.6) is 0 Å². The molecule has 0 aromatic heterocycles. The fraction of sp³-hybridized carbons (Fsp3) is 0.667. The van der Waals surface area contributed by atoms with Crippen molar-refractivity contribution in [1.82, 2.24) is 10.6 Å². The van der Waals surface area contributed by atoms with E-state index >= 15 is 0 Å². The summed E-state index contributed by atoms with van der Waals surface area (Å²) in [6.07, 6.45) is 10.7. The summed E-state index contributed by atoms with van der Waals surface area (Å²) in [5.41, 5.74) is 3.30. The minimum atomic E-state index is -0.186. The van der Waals surface area contributed by atoms with E-state index in [1.54, 1.807) is 11.1 Å². The van der Waals surface area contributed by atoms with Crippen LogP contribution in [-0.4, -0.2) is 35.0 Å². The van der Waals surface area contributed by atoms with Crippen molar-refractivity contribution < 1.29 is 0 Å². The van der Waals surface area contributed by atoms with Crippen molar-refractivity contribution in [3.05, 3.63) is 47.5 Å². The molecule has 188 valence electrons. The molecule has 0 saturated carbocycles. The van der Waals surface area contributed by atoms with Crippen LogP contribution in [0.4, 0.5) is 0 Å². The van der Waals surface area contributed by atoms with E-state index in [9.17, 15) is 0 Å². The van der Waals surface area contributed by atoms with Gasteiger partial charge in [-0.3, -0.25) is 0 Å². The third-order valence-electron chi connectivity index (χ3n) is 7.80.